The van der Waals surface area contributed by atoms with Gasteiger partial charge in [0.2, 0.25) is 5.91 Å². The van der Waals surface area contributed by atoms with Crippen LogP contribution in [0.4, 0.5) is 5.69 Å². The van der Waals surface area contributed by atoms with E-state index in [9.17, 15) is 4.79 Å². The predicted molar refractivity (Wildman–Crippen MR) is 78.1 cm³/mol. The summed E-state index contributed by atoms with van der Waals surface area (Å²) in [5.41, 5.74) is 6.98. The van der Waals surface area contributed by atoms with Crippen LogP contribution in [-0.4, -0.2) is 41.0 Å². The summed E-state index contributed by atoms with van der Waals surface area (Å²) in [6.45, 7) is 2.24. The molecule has 1 saturated heterocycles. The first kappa shape index (κ1) is 13.4. The van der Waals surface area contributed by atoms with Crippen molar-refractivity contribution < 1.29 is 4.79 Å². The average molecular weight is 274 g/mol. The fraction of sp³-hybridized carbons (Fsp3) is 0.600. The van der Waals surface area contributed by atoms with Crippen LogP contribution in [0.1, 0.15) is 31.4 Å². The maximum absolute atomic E-state index is 12.0. The largest absolute Gasteiger partial charge is 0.397 e. The number of nitrogens with two attached hydrogens (primary N) is 1. The fourth-order valence-corrected chi connectivity index (χ4v) is 2.83. The average Bonchev–Trinajstić information content (AvgIpc) is 3.27. The van der Waals surface area contributed by atoms with Gasteiger partial charge in [0.15, 0.2) is 0 Å². The summed E-state index contributed by atoms with van der Waals surface area (Å²) in [5, 5.41) is 3.12. The number of rotatable bonds is 4. The summed E-state index contributed by atoms with van der Waals surface area (Å²) < 4.78 is 0. The van der Waals surface area contributed by atoms with Gasteiger partial charge >= 0.3 is 0 Å². The van der Waals surface area contributed by atoms with E-state index in [0.717, 1.165) is 37.7 Å². The third-order valence-corrected chi connectivity index (χ3v) is 4.15. The Kier molecular flexibility index (Phi) is 3.87. The van der Waals surface area contributed by atoms with E-state index in [-0.39, 0.29) is 5.91 Å². The summed E-state index contributed by atoms with van der Waals surface area (Å²) in [4.78, 5) is 18.7. The van der Waals surface area contributed by atoms with E-state index >= 15 is 0 Å². The van der Waals surface area contributed by atoms with Crippen LogP contribution in [-0.2, 0) is 11.2 Å². The van der Waals surface area contributed by atoms with Crippen LogP contribution in [0.3, 0.4) is 0 Å². The molecular weight excluding hydrogens is 252 g/mol. The molecule has 1 amide bonds. The fourth-order valence-electron chi connectivity index (χ4n) is 2.83. The molecule has 3 N–H and O–H groups in total. The molecule has 0 bridgehead atoms. The normalized spacial score (nSPS) is 20.8. The van der Waals surface area contributed by atoms with Crippen molar-refractivity contribution in [1.29, 1.82) is 0 Å². The lowest BCUT2D eigenvalue weighted by Crippen LogP contribution is -2.45. The number of likely N-dealkylation sites (tertiary alicyclic amines) is 1. The second kappa shape index (κ2) is 5.79. The molecule has 0 aromatic carbocycles. The van der Waals surface area contributed by atoms with E-state index in [1.165, 1.54) is 12.8 Å². The van der Waals surface area contributed by atoms with Crippen molar-refractivity contribution in [3.8, 4) is 0 Å². The van der Waals surface area contributed by atoms with Gasteiger partial charge in [0.25, 0.3) is 0 Å². The van der Waals surface area contributed by atoms with Crippen LogP contribution in [0.15, 0.2) is 18.3 Å². The molecule has 1 aromatic heterocycles. The molecule has 2 aliphatic rings. The minimum Gasteiger partial charge on any atom is -0.397 e. The molecule has 5 nitrogen and oxygen atoms in total. The lowest BCUT2D eigenvalue weighted by Gasteiger charge is -2.32. The minimum atomic E-state index is 0.0622. The van der Waals surface area contributed by atoms with Gasteiger partial charge in [-0.1, -0.05) is 0 Å². The van der Waals surface area contributed by atoms with E-state index in [2.05, 4.69) is 15.2 Å². The Labute approximate surface area is 119 Å². The van der Waals surface area contributed by atoms with Gasteiger partial charge in [-0.2, -0.15) is 0 Å². The molecule has 0 unspecified atom stereocenters. The number of nitrogens with one attached hydrogen (secondary N) is 1. The summed E-state index contributed by atoms with van der Waals surface area (Å²) in [6, 6.07) is 4.76. The molecule has 1 saturated carbocycles. The zero-order chi connectivity index (χ0) is 13.9. The Hall–Kier alpha value is -1.62. The molecule has 0 radical (unpaired) electrons. The van der Waals surface area contributed by atoms with Crippen molar-refractivity contribution in [2.24, 2.45) is 0 Å². The molecule has 5 heteroatoms. The van der Waals surface area contributed by atoms with Crippen LogP contribution in [0.2, 0.25) is 0 Å². The number of nitrogen functional groups attached to an aromatic ring is 1. The smallest absolute Gasteiger partial charge is 0.226 e. The van der Waals surface area contributed by atoms with Crippen LogP contribution in [0.25, 0.3) is 0 Å². The van der Waals surface area contributed by atoms with Gasteiger partial charge in [-0.05, 0) is 37.8 Å². The molecule has 20 heavy (non-hydrogen) atoms. The Bertz CT molecular complexity index is 461. The molecule has 3 rings (SSSR count). The SMILES string of the molecule is Nc1ccc(CC(=O)NC2CCN(C3CC3)CC2)nc1. The van der Waals surface area contributed by atoms with Gasteiger partial charge in [-0.3, -0.25) is 9.78 Å². The highest BCUT2D eigenvalue weighted by Crippen LogP contribution is 2.29. The maximum Gasteiger partial charge on any atom is 0.226 e. The number of carbonyl (C=O) groups excluding carboxylic acids is 1. The Balaban J connectivity index is 1.43. The molecule has 0 atom stereocenters. The van der Waals surface area contributed by atoms with Gasteiger partial charge in [0.1, 0.15) is 0 Å². The first-order chi connectivity index (χ1) is 9.70. The number of nitrogens with zero attached hydrogens (tertiary/aromatic N) is 2. The Morgan fingerprint density at radius 1 is 1.30 bits per heavy atom. The van der Waals surface area contributed by atoms with Crippen molar-refractivity contribution >= 4 is 11.6 Å². The quantitative estimate of drug-likeness (QED) is 0.857. The summed E-state index contributed by atoms with van der Waals surface area (Å²) in [7, 11) is 0. The Morgan fingerprint density at radius 2 is 2.05 bits per heavy atom. The maximum atomic E-state index is 12.0. The van der Waals surface area contributed by atoms with Crippen molar-refractivity contribution in [2.75, 3.05) is 18.8 Å². The molecule has 1 aliphatic carbocycles. The van der Waals surface area contributed by atoms with Crippen molar-refractivity contribution in [3.63, 3.8) is 0 Å². The van der Waals surface area contributed by atoms with Crippen LogP contribution < -0.4 is 11.1 Å². The highest BCUT2D eigenvalue weighted by Gasteiger charge is 2.32. The second-order valence-electron chi connectivity index (χ2n) is 5.87. The van der Waals surface area contributed by atoms with Crippen molar-refractivity contribution in [3.05, 3.63) is 24.0 Å². The third-order valence-electron chi connectivity index (χ3n) is 4.15. The van der Waals surface area contributed by atoms with Crippen LogP contribution in [0.5, 0.6) is 0 Å². The van der Waals surface area contributed by atoms with E-state index in [1.807, 2.05) is 6.07 Å². The summed E-state index contributed by atoms with van der Waals surface area (Å²) in [5.74, 6) is 0.0622. The number of hydrogen-bond acceptors (Lipinski definition) is 4. The van der Waals surface area contributed by atoms with Crippen LogP contribution >= 0.6 is 0 Å². The van der Waals surface area contributed by atoms with Gasteiger partial charge in [-0.15, -0.1) is 0 Å². The van der Waals surface area contributed by atoms with Crippen LogP contribution in [0, 0.1) is 0 Å². The third kappa shape index (κ3) is 3.48. The second-order valence-corrected chi connectivity index (χ2v) is 5.87. The standard InChI is InChI=1S/C15H22N4O/c16-11-1-2-13(17-10-11)9-15(20)18-12-5-7-19(8-6-12)14-3-4-14/h1-2,10,12,14H,3-9,16H2,(H,18,20). The summed E-state index contributed by atoms with van der Waals surface area (Å²) >= 11 is 0. The molecule has 108 valence electrons. The number of pyridine rings is 1. The number of anilines is 1. The number of aromatic nitrogens is 1. The number of hydrogen-bond donors (Lipinski definition) is 2. The molecule has 1 aliphatic heterocycles. The van der Waals surface area contributed by atoms with Gasteiger partial charge in [0, 0.05) is 30.9 Å². The number of piperidine rings is 1. The lowest BCUT2D eigenvalue weighted by molar-refractivity contribution is -0.121. The zero-order valence-corrected chi connectivity index (χ0v) is 11.7. The van der Waals surface area contributed by atoms with Gasteiger partial charge in [-0.25, -0.2) is 0 Å². The Morgan fingerprint density at radius 3 is 2.65 bits per heavy atom. The van der Waals surface area contributed by atoms with E-state index in [4.69, 9.17) is 5.73 Å². The number of carbonyl (C=O) groups is 1. The molecule has 1 aromatic rings. The summed E-state index contributed by atoms with van der Waals surface area (Å²) in [6.07, 6.45) is 6.79. The first-order valence-electron chi connectivity index (χ1n) is 7.44. The van der Waals surface area contributed by atoms with Gasteiger partial charge < -0.3 is 16.0 Å². The highest BCUT2D eigenvalue weighted by molar-refractivity contribution is 5.78. The molecular formula is C15H22N4O. The van der Waals surface area contributed by atoms with E-state index < -0.39 is 0 Å². The minimum absolute atomic E-state index is 0.0622. The van der Waals surface area contributed by atoms with E-state index in [0.29, 0.717) is 18.2 Å². The molecule has 0 spiro atoms. The topological polar surface area (TPSA) is 71.2 Å². The highest BCUT2D eigenvalue weighted by atomic mass is 16.1. The van der Waals surface area contributed by atoms with Gasteiger partial charge in [0.05, 0.1) is 18.3 Å². The van der Waals surface area contributed by atoms with Crippen molar-refractivity contribution in [1.82, 2.24) is 15.2 Å². The molecule has 2 heterocycles. The van der Waals surface area contributed by atoms with Crippen molar-refractivity contribution in [2.45, 2.75) is 44.2 Å². The molecule has 2 fully saturated rings. The zero-order valence-electron chi connectivity index (χ0n) is 11.7. The predicted octanol–water partition coefficient (Wildman–Crippen LogP) is 0.949. The van der Waals surface area contributed by atoms with E-state index in [1.54, 1.807) is 12.3 Å². The lowest BCUT2D eigenvalue weighted by atomic mass is 10.0. The monoisotopic (exact) mass is 274 g/mol. The first-order valence-corrected chi connectivity index (χ1v) is 7.44. The number of amides is 1.